The lowest BCUT2D eigenvalue weighted by Gasteiger charge is -2.20. The average molecular weight is 140 g/mol. The summed E-state index contributed by atoms with van der Waals surface area (Å²) >= 11 is 0. The molecule has 0 saturated heterocycles. The van der Waals surface area contributed by atoms with Crippen LogP contribution >= 0.6 is 0 Å². The van der Waals surface area contributed by atoms with Gasteiger partial charge in [0, 0.05) is 19.5 Å². The summed E-state index contributed by atoms with van der Waals surface area (Å²) in [5.74, 6) is 1.25. The van der Waals surface area contributed by atoms with E-state index in [0.717, 1.165) is 6.42 Å². The van der Waals surface area contributed by atoms with Crippen LogP contribution in [0, 0.1) is 0 Å². The molecule has 0 radical (unpaired) electrons. The van der Waals surface area contributed by atoms with Gasteiger partial charge in [-0.25, -0.2) is 0 Å². The van der Waals surface area contributed by atoms with Crippen molar-refractivity contribution in [1.82, 2.24) is 4.90 Å². The van der Waals surface area contributed by atoms with Crippen LogP contribution in [-0.4, -0.2) is 29.9 Å². The molecule has 1 aliphatic rings. The number of likely N-dealkylation sites (N-methyl/N-ethyl adjacent to an activating group) is 1. The first kappa shape index (κ1) is 7.58. The van der Waals surface area contributed by atoms with E-state index in [-0.39, 0.29) is 0 Å². The number of hydrogen-bond acceptors (Lipinski definition) is 2. The molecular formula is C8H16N2. The van der Waals surface area contributed by atoms with E-state index in [4.69, 9.17) is 0 Å². The molecule has 0 bridgehead atoms. The van der Waals surface area contributed by atoms with Crippen LogP contribution in [0.15, 0.2) is 4.99 Å². The standard InChI is InChI=1S/C8H16N2/c1-5-8-9-6(2)7(3)10(8)4/h6-7H,5H2,1-4H3. The van der Waals surface area contributed by atoms with Crippen molar-refractivity contribution in [2.24, 2.45) is 4.99 Å². The monoisotopic (exact) mass is 140 g/mol. The van der Waals surface area contributed by atoms with Gasteiger partial charge in [0.2, 0.25) is 0 Å². The van der Waals surface area contributed by atoms with Crippen LogP contribution in [0.3, 0.4) is 0 Å². The van der Waals surface area contributed by atoms with E-state index in [1.807, 2.05) is 0 Å². The zero-order valence-corrected chi connectivity index (χ0v) is 7.26. The molecule has 0 aromatic heterocycles. The van der Waals surface area contributed by atoms with Crippen molar-refractivity contribution in [2.45, 2.75) is 39.3 Å². The first-order valence-corrected chi connectivity index (χ1v) is 3.96. The fourth-order valence-corrected chi connectivity index (χ4v) is 1.33. The summed E-state index contributed by atoms with van der Waals surface area (Å²) in [6, 6.07) is 1.08. The summed E-state index contributed by atoms with van der Waals surface area (Å²) < 4.78 is 0. The van der Waals surface area contributed by atoms with Gasteiger partial charge in [-0.1, -0.05) is 6.92 Å². The topological polar surface area (TPSA) is 15.6 Å². The van der Waals surface area contributed by atoms with Gasteiger partial charge in [0.25, 0.3) is 0 Å². The van der Waals surface area contributed by atoms with Crippen LogP contribution in [0.4, 0.5) is 0 Å². The van der Waals surface area contributed by atoms with Crippen molar-refractivity contribution in [1.29, 1.82) is 0 Å². The van der Waals surface area contributed by atoms with E-state index in [2.05, 4.69) is 37.7 Å². The Morgan fingerprint density at radius 3 is 2.30 bits per heavy atom. The van der Waals surface area contributed by atoms with E-state index in [1.54, 1.807) is 0 Å². The lowest BCUT2D eigenvalue weighted by molar-refractivity contribution is 0.384. The smallest absolute Gasteiger partial charge is 0.0990 e. The summed E-state index contributed by atoms with van der Waals surface area (Å²) in [7, 11) is 2.12. The van der Waals surface area contributed by atoms with E-state index in [1.165, 1.54) is 5.84 Å². The zero-order chi connectivity index (χ0) is 7.72. The maximum atomic E-state index is 4.51. The van der Waals surface area contributed by atoms with Crippen molar-refractivity contribution >= 4 is 5.84 Å². The van der Waals surface area contributed by atoms with Gasteiger partial charge in [0.15, 0.2) is 0 Å². The van der Waals surface area contributed by atoms with E-state index in [0.29, 0.717) is 12.1 Å². The molecule has 0 aliphatic carbocycles. The van der Waals surface area contributed by atoms with Gasteiger partial charge in [-0.05, 0) is 13.8 Å². The van der Waals surface area contributed by atoms with E-state index >= 15 is 0 Å². The van der Waals surface area contributed by atoms with Gasteiger partial charge < -0.3 is 4.90 Å². The van der Waals surface area contributed by atoms with Crippen molar-refractivity contribution < 1.29 is 0 Å². The molecule has 1 rings (SSSR count). The first-order chi connectivity index (χ1) is 4.66. The van der Waals surface area contributed by atoms with Gasteiger partial charge in [-0.3, -0.25) is 4.99 Å². The minimum absolute atomic E-state index is 0.486. The molecular weight excluding hydrogens is 124 g/mol. The van der Waals surface area contributed by atoms with Crippen LogP contribution in [0.5, 0.6) is 0 Å². The molecule has 2 nitrogen and oxygen atoms in total. The predicted molar refractivity (Wildman–Crippen MR) is 44.4 cm³/mol. The minimum Gasteiger partial charge on any atom is -0.359 e. The molecule has 1 aliphatic heterocycles. The second kappa shape index (κ2) is 2.60. The van der Waals surface area contributed by atoms with Crippen molar-refractivity contribution in [3.8, 4) is 0 Å². The summed E-state index contributed by atoms with van der Waals surface area (Å²) in [6.07, 6.45) is 1.06. The molecule has 0 aromatic carbocycles. The molecule has 10 heavy (non-hydrogen) atoms. The number of aliphatic imine (C=N–C) groups is 1. The lowest BCUT2D eigenvalue weighted by atomic mass is 10.2. The molecule has 2 atom stereocenters. The number of amidine groups is 1. The van der Waals surface area contributed by atoms with Crippen molar-refractivity contribution in [3.05, 3.63) is 0 Å². The fraction of sp³-hybridized carbons (Fsp3) is 0.875. The maximum Gasteiger partial charge on any atom is 0.0990 e. The van der Waals surface area contributed by atoms with Crippen molar-refractivity contribution in [3.63, 3.8) is 0 Å². The zero-order valence-electron chi connectivity index (χ0n) is 7.26. The SMILES string of the molecule is CCC1=NC(C)C(C)N1C. The highest BCUT2D eigenvalue weighted by atomic mass is 15.3. The number of rotatable bonds is 1. The van der Waals surface area contributed by atoms with E-state index in [9.17, 15) is 0 Å². The highest BCUT2D eigenvalue weighted by Crippen LogP contribution is 2.15. The Labute approximate surface area is 62.9 Å². The third-order valence-electron chi connectivity index (χ3n) is 2.39. The Bertz CT molecular complexity index is 151. The van der Waals surface area contributed by atoms with Gasteiger partial charge >= 0.3 is 0 Å². The number of hydrogen-bond donors (Lipinski definition) is 0. The molecule has 2 heteroatoms. The predicted octanol–water partition coefficient (Wildman–Crippen LogP) is 1.52. The van der Waals surface area contributed by atoms with Crippen LogP contribution in [0.1, 0.15) is 27.2 Å². The Hall–Kier alpha value is -0.530. The lowest BCUT2D eigenvalue weighted by Crippen LogP contribution is -2.32. The molecule has 0 N–H and O–H groups in total. The Kier molecular flexibility index (Phi) is 1.97. The first-order valence-electron chi connectivity index (χ1n) is 3.96. The van der Waals surface area contributed by atoms with Gasteiger partial charge in [-0.15, -0.1) is 0 Å². The van der Waals surface area contributed by atoms with Crippen molar-refractivity contribution in [2.75, 3.05) is 7.05 Å². The fourth-order valence-electron chi connectivity index (χ4n) is 1.33. The van der Waals surface area contributed by atoms with Gasteiger partial charge in [-0.2, -0.15) is 0 Å². The summed E-state index contributed by atoms with van der Waals surface area (Å²) in [5, 5.41) is 0. The molecule has 0 fully saturated rings. The molecule has 0 saturated carbocycles. The second-order valence-corrected chi connectivity index (χ2v) is 2.99. The second-order valence-electron chi connectivity index (χ2n) is 2.99. The normalized spacial score (nSPS) is 32.8. The molecule has 2 unspecified atom stereocenters. The van der Waals surface area contributed by atoms with Gasteiger partial charge in [0.05, 0.1) is 11.9 Å². The minimum atomic E-state index is 0.486. The number of nitrogens with zero attached hydrogens (tertiary/aromatic N) is 2. The Balaban J connectivity index is 2.68. The maximum absolute atomic E-state index is 4.51. The molecule has 58 valence electrons. The average Bonchev–Trinajstić information content (AvgIpc) is 2.17. The summed E-state index contributed by atoms with van der Waals surface area (Å²) in [6.45, 7) is 6.54. The highest BCUT2D eigenvalue weighted by Gasteiger charge is 2.24. The van der Waals surface area contributed by atoms with Gasteiger partial charge in [0.1, 0.15) is 0 Å². The molecule has 0 amide bonds. The quantitative estimate of drug-likeness (QED) is 0.539. The van der Waals surface area contributed by atoms with Crippen LogP contribution < -0.4 is 0 Å². The third-order valence-corrected chi connectivity index (χ3v) is 2.39. The Morgan fingerprint density at radius 1 is 1.50 bits per heavy atom. The highest BCUT2D eigenvalue weighted by molar-refractivity contribution is 5.83. The third kappa shape index (κ3) is 1.02. The largest absolute Gasteiger partial charge is 0.359 e. The summed E-state index contributed by atoms with van der Waals surface area (Å²) in [4.78, 5) is 6.78. The molecule has 0 spiro atoms. The summed E-state index contributed by atoms with van der Waals surface area (Å²) in [5.41, 5.74) is 0. The molecule has 1 heterocycles. The van der Waals surface area contributed by atoms with Crippen LogP contribution in [-0.2, 0) is 0 Å². The molecule has 0 aromatic rings. The van der Waals surface area contributed by atoms with Crippen LogP contribution in [0.2, 0.25) is 0 Å². The Morgan fingerprint density at radius 2 is 2.10 bits per heavy atom. The van der Waals surface area contributed by atoms with Crippen LogP contribution in [0.25, 0.3) is 0 Å². The van der Waals surface area contributed by atoms with E-state index < -0.39 is 0 Å².